The summed E-state index contributed by atoms with van der Waals surface area (Å²) in [5.41, 5.74) is -0.265. The lowest BCUT2D eigenvalue weighted by molar-refractivity contribution is -0.133. The quantitative estimate of drug-likeness (QED) is 0.656. The number of methoxy groups -OCH3 is 1. The Morgan fingerprint density at radius 3 is 3.09 bits per heavy atom. The largest absolute Gasteiger partial charge is 0.485 e. The van der Waals surface area contributed by atoms with Gasteiger partial charge in [-0.15, -0.1) is 0 Å². The summed E-state index contributed by atoms with van der Waals surface area (Å²) in [6.07, 6.45) is 1.94. The maximum absolute atomic E-state index is 12.1. The Morgan fingerprint density at radius 1 is 1.48 bits per heavy atom. The van der Waals surface area contributed by atoms with Crippen LogP contribution in [0, 0.1) is 0 Å². The van der Waals surface area contributed by atoms with E-state index in [9.17, 15) is 14.7 Å². The monoisotopic (exact) mass is 321 g/mol. The number of allylic oxidation sites excluding steroid dienone is 2. The minimum absolute atomic E-state index is 0.103. The fourth-order valence-corrected chi connectivity index (χ4v) is 3.29. The third-order valence-electron chi connectivity index (χ3n) is 4.59. The highest BCUT2D eigenvalue weighted by atomic mass is 16.8. The molecule has 122 valence electrons. The number of hydrogen-bond donors (Lipinski definition) is 1. The average molecular weight is 321 g/mol. The van der Waals surface area contributed by atoms with Crippen LogP contribution in [0.5, 0.6) is 0 Å². The van der Waals surface area contributed by atoms with E-state index in [0.29, 0.717) is 12.2 Å². The first-order chi connectivity index (χ1) is 11.1. The van der Waals surface area contributed by atoms with Gasteiger partial charge in [0, 0.05) is 12.6 Å². The van der Waals surface area contributed by atoms with Gasteiger partial charge in [0.25, 0.3) is 0 Å². The molecule has 4 aliphatic rings. The van der Waals surface area contributed by atoms with Gasteiger partial charge in [0.1, 0.15) is 18.7 Å². The van der Waals surface area contributed by atoms with Crippen LogP contribution in [0.3, 0.4) is 0 Å². The second-order valence-corrected chi connectivity index (χ2v) is 5.74. The van der Waals surface area contributed by atoms with Gasteiger partial charge in [-0.25, -0.2) is 9.79 Å². The zero-order chi connectivity index (χ0) is 16.2. The normalized spacial score (nSPS) is 41.4. The van der Waals surface area contributed by atoms with Crippen molar-refractivity contribution < 1.29 is 33.6 Å². The number of hydrogen-bond acceptors (Lipinski definition) is 8. The Bertz CT molecular complexity index is 679. The van der Waals surface area contributed by atoms with Gasteiger partial charge >= 0.3 is 5.97 Å². The third-order valence-corrected chi connectivity index (χ3v) is 4.59. The van der Waals surface area contributed by atoms with Gasteiger partial charge in [-0.3, -0.25) is 4.79 Å². The summed E-state index contributed by atoms with van der Waals surface area (Å²) < 4.78 is 21.3. The number of aliphatic hydroxyl groups excluding tert-OH is 1. The Hall–Kier alpha value is -2.03. The lowest BCUT2D eigenvalue weighted by Gasteiger charge is -2.17. The highest BCUT2D eigenvalue weighted by molar-refractivity contribution is 6.64. The molecule has 8 heteroatoms. The number of aliphatic imine (C=N–C) groups is 1. The summed E-state index contributed by atoms with van der Waals surface area (Å²) in [6, 6.07) is 0. The van der Waals surface area contributed by atoms with E-state index in [0.717, 1.165) is 5.57 Å². The van der Waals surface area contributed by atoms with E-state index >= 15 is 0 Å². The molecule has 0 aromatic rings. The summed E-state index contributed by atoms with van der Waals surface area (Å²) in [7, 11) is 1.20. The number of rotatable bonds is 1. The van der Waals surface area contributed by atoms with Crippen LogP contribution in [0.25, 0.3) is 0 Å². The van der Waals surface area contributed by atoms with Crippen molar-refractivity contribution in [2.45, 2.75) is 36.8 Å². The second kappa shape index (κ2) is 4.98. The molecule has 4 atom stereocenters. The maximum Gasteiger partial charge on any atom is 0.360 e. The maximum atomic E-state index is 12.1. The molecular formula is C15H15NO7. The van der Waals surface area contributed by atoms with Gasteiger partial charge in [0.05, 0.1) is 7.11 Å². The third kappa shape index (κ3) is 1.92. The smallest absolute Gasteiger partial charge is 0.360 e. The molecule has 23 heavy (non-hydrogen) atoms. The average Bonchev–Trinajstić information content (AvgIpc) is 2.89. The molecule has 8 nitrogen and oxygen atoms in total. The van der Waals surface area contributed by atoms with E-state index < -0.39 is 29.9 Å². The molecule has 0 aromatic heterocycles. The number of ether oxygens (including phenoxy) is 4. The molecule has 2 saturated heterocycles. The number of carbonyl (C=O) groups excluding carboxylic acids is 2. The number of ketones is 1. The van der Waals surface area contributed by atoms with Crippen molar-refractivity contribution in [3.63, 3.8) is 0 Å². The van der Waals surface area contributed by atoms with Gasteiger partial charge in [-0.05, 0) is 18.1 Å². The van der Waals surface area contributed by atoms with Crippen LogP contribution in [0.4, 0.5) is 0 Å². The standard InChI is InChI=1S/C15H15NO7/c1-20-14(19)9-8(17)3-2-7(4-5-16-9)10-12-15(22-6-21-12)11(18)13(15)23-10/h4-5,11-13,18H,2-3,6H2,1H3/b5-4?,10-7-,16-9?/t11?,12-,13?,15-/m0/s1. The second-order valence-electron chi connectivity index (χ2n) is 5.74. The van der Waals surface area contributed by atoms with Crippen LogP contribution in [0.1, 0.15) is 12.8 Å². The molecule has 2 unspecified atom stereocenters. The minimum Gasteiger partial charge on any atom is -0.485 e. The summed E-state index contributed by atoms with van der Waals surface area (Å²) in [4.78, 5) is 27.4. The predicted octanol–water partition coefficient (Wildman–Crippen LogP) is -0.384. The Balaban J connectivity index is 1.64. The zero-order valence-electron chi connectivity index (χ0n) is 12.4. The van der Waals surface area contributed by atoms with E-state index in [-0.39, 0.29) is 24.7 Å². The summed E-state index contributed by atoms with van der Waals surface area (Å²) in [5.74, 6) is -0.567. The van der Waals surface area contributed by atoms with Gasteiger partial charge in [0.15, 0.2) is 29.3 Å². The molecule has 0 aromatic carbocycles. The van der Waals surface area contributed by atoms with Crippen LogP contribution in [0.15, 0.2) is 28.6 Å². The number of Topliss-reactive ketones (excluding diaryl/α,β-unsaturated/α-hetero) is 1. The first kappa shape index (κ1) is 14.6. The van der Waals surface area contributed by atoms with Crippen molar-refractivity contribution in [3.05, 3.63) is 23.6 Å². The van der Waals surface area contributed by atoms with E-state index in [1.54, 1.807) is 6.08 Å². The predicted molar refractivity (Wildman–Crippen MR) is 74.3 cm³/mol. The molecule has 3 aliphatic heterocycles. The molecule has 0 radical (unpaired) electrons. The van der Waals surface area contributed by atoms with E-state index in [1.165, 1.54) is 13.3 Å². The van der Waals surface area contributed by atoms with Crippen LogP contribution in [-0.2, 0) is 28.5 Å². The van der Waals surface area contributed by atoms with Crippen molar-refractivity contribution in [1.29, 1.82) is 0 Å². The molecule has 3 heterocycles. The molecule has 1 spiro atoms. The number of carbonyl (C=O) groups is 2. The fourth-order valence-electron chi connectivity index (χ4n) is 3.29. The van der Waals surface area contributed by atoms with Gasteiger partial charge in [-0.1, -0.05) is 0 Å². The lowest BCUT2D eigenvalue weighted by Crippen LogP contribution is -2.29. The summed E-state index contributed by atoms with van der Waals surface area (Å²) >= 11 is 0. The van der Waals surface area contributed by atoms with Gasteiger partial charge in [-0.2, -0.15) is 0 Å². The molecular weight excluding hydrogens is 306 g/mol. The minimum atomic E-state index is -0.803. The van der Waals surface area contributed by atoms with Crippen molar-refractivity contribution in [2.24, 2.45) is 4.99 Å². The fraction of sp³-hybridized carbons (Fsp3) is 0.533. The van der Waals surface area contributed by atoms with E-state index in [4.69, 9.17) is 14.2 Å². The Labute approximate surface area is 131 Å². The number of nitrogens with zero attached hydrogens (tertiary/aromatic N) is 1. The molecule has 3 fully saturated rings. The van der Waals surface area contributed by atoms with Crippen LogP contribution >= 0.6 is 0 Å². The molecule has 4 rings (SSSR count). The first-order valence-electron chi connectivity index (χ1n) is 7.28. The highest BCUT2D eigenvalue weighted by Gasteiger charge is 2.81. The van der Waals surface area contributed by atoms with Crippen molar-refractivity contribution in [2.75, 3.05) is 13.9 Å². The van der Waals surface area contributed by atoms with Gasteiger partial charge in [0.2, 0.25) is 0 Å². The number of aliphatic hydroxyl groups is 1. The van der Waals surface area contributed by atoms with Crippen LogP contribution < -0.4 is 0 Å². The first-order valence-corrected chi connectivity index (χ1v) is 7.28. The molecule has 1 N–H and O–H groups in total. The van der Waals surface area contributed by atoms with Crippen LogP contribution in [0.2, 0.25) is 0 Å². The van der Waals surface area contributed by atoms with E-state index in [1.807, 2.05) is 0 Å². The molecule has 1 aliphatic carbocycles. The Kier molecular flexibility index (Phi) is 3.15. The van der Waals surface area contributed by atoms with Crippen molar-refractivity contribution in [3.8, 4) is 0 Å². The molecule has 0 amide bonds. The lowest BCUT2D eigenvalue weighted by atomic mass is 9.99. The zero-order valence-corrected chi connectivity index (χ0v) is 12.4. The van der Waals surface area contributed by atoms with Gasteiger partial charge < -0.3 is 24.1 Å². The summed E-state index contributed by atoms with van der Waals surface area (Å²) in [5, 5.41) is 9.89. The van der Waals surface area contributed by atoms with Crippen LogP contribution in [-0.4, -0.2) is 60.4 Å². The van der Waals surface area contributed by atoms with Crippen molar-refractivity contribution >= 4 is 17.5 Å². The van der Waals surface area contributed by atoms with E-state index in [2.05, 4.69) is 9.73 Å². The number of esters is 1. The molecule has 0 bridgehead atoms. The topological polar surface area (TPSA) is 104 Å². The summed E-state index contributed by atoms with van der Waals surface area (Å²) in [6.45, 7) is 0.103. The highest BCUT2D eigenvalue weighted by Crippen LogP contribution is 2.59. The Morgan fingerprint density at radius 2 is 2.30 bits per heavy atom. The van der Waals surface area contributed by atoms with Crippen molar-refractivity contribution in [1.82, 2.24) is 0 Å². The molecule has 1 saturated carbocycles. The SMILES string of the molecule is COC(=O)C1=NC=C/C(=C2\OC3C(O)[C@@]34OCO[C@@H]24)CCC1=O.